The lowest BCUT2D eigenvalue weighted by Gasteiger charge is -2.17. The van der Waals surface area contributed by atoms with Gasteiger partial charge in [0, 0.05) is 18.8 Å². The average molecular weight is 248 g/mol. The van der Waals surface area contributed by atoms with Crippen LogP contribution in [0.4, 0.5) is 5.69 Å². The Kier molecular flexibility index (Phi) is 3.75. The van der Waals surface area contributed by atoms with Crippen LogP contribution < -0.4 is 10.1 Å². The summed E-state index contributed by atoms with van der Waals surface area (Å²) in [6.07, 6.45) is 2.29. The molecule has 1 amide bonds. The quantitative estimate of drug-likeness (QED) is 0.867. The number of nitrogens with zero attached hydrogens (tertiary/aromatic N) is 1. The number of amides is 1. The molecule has 1 aromatic carbocycles. The summed E-state index contributed by atoms with van der Waals surface area (Å²) < 4.78 is 5.15. The minimum absolute atomic E-state index is 0.146. The third-order valence-electron chi connectivity index (χ3n) is 3.35. The Balaban J connectivity index is 1.91. The molecule has 0 unspecified atom stereocenters. The molecule has 0 aliphatic heterocycles. The molecule has 1 aliphatic rings. The topological polar surface area (TPSA) is 41.6 Å². The highest BCUT2D eigenvalue weighted by Crippen LogP contribution is 2.25. The van der Waals surface area contributed by atoms with Crippen molar-refractivity contribution in [2.24, 2.45) is 0 Å². The van der Waals surface area contributed by atoms with E-state index in [4.69, 9.17) is 4.74 Å². The van der Waals surface area contributed by atoms with E-state index in [0.717, 1.165) is 29.8 Å². The van der Waals surface area contributed by atoms with Gasteiger partial charge < -0.3 is 15.0 Å². The van der Waals surface area contributed by atoms with Crippen molar-refractivity contribution in [3.05, 3.63) is 23.8 Å². The van der Waals surface area contributed by atoms with E-state index in [1.807, 2.05) is 37.1 Å². The number of carbonyl (C=O) groups is 1. The summed E-state index contributed by atoms with van der Waals surface area (Å²) in [6.45, 7) is 2.35. The van der Waals surface area contributed by atoms with Crippen LogP contribution in [0.25, 0.3) is 0 Å². The first kappa shape index (κ1) is 12.7. The summed E-state index contributed by atoms with van der Waals surface area (Å²) in [4.78, 5) is 13.7. The lowest BCUT2D eigenvalue weighted by molar-refractivity contribution is -0.128. The van der Waals surface area contributed by atoms with Crippen LogP contribution in [0.5, 0.6) is 5.75 Å². The summed E-state index contributed by atoms with van der Waals surface area (Å²) in [5.41, 5.74) is 2.06. The number of benzene rings is 1. The number of aryl methyl sites for hydroxylation is 1. The Morgan fingerprint density at radius 1 is 1.50 bits per heavy atom. The fourth-order valence-corrected chi connectivity index (χ4v) is 1.92. The Hall–Kier alpha value is -1.71. The Morgan fingerprint density at radius 2 is 2.22 bits per heavy atom. The lowest BCUT2D eigenvalue weighted by atomic mass is 10.2. The van der Waals surface area contributed by atoms with Gasteiger partial charge in [0.25, 0.3) is 0 Å². The van der Waals surface area contributed by atoms with E-state index in [9.17, 15) is 4.79 Å². The highest BCUT2D eigenvalue weighted by atomic mass is 16.5. The average Bonchev–Trinajstić information content (AvgIpc) is 3.20. The highest BCUT2D eigenvalue weighted by Gasteiger charge is 2.29. The zero-order valence-electron chi connectivity index (χ0n) is 11.2. The van der Waals surface area contributed by atoms with Crippen LogP contribution in [-0.2, 0) is 4.79 Å². The molecule has 1 aliphatic carbocycles. The van der Waals surface area contributed by atoms with E-state index in [1.165, 1.54) is 0 Å². The number of anilines is 1. The van der Waals surface area contributed by atoms with Crippen molar-refractivity contribution >= 4 is 11.6 Å². The van der Waals surface area contributed by atoms with Crippen molar-refractivity contribution in [2.45, 2.75) is 25.8 Å². The number of hydrogen-bond donors (Lipinski definition) is 1. The molecule has 0 atom stereocenters. The maximum Gasteiger partial charge on any atom is 0.241 e. The molecule has 4 nitrogen and oxygen atoms in total. The fraction of sp³-hybridized carbons (Fsp3) is 0.500. The van der Waals surface area contributed by atoms with Gasteiger partial charge in [-0.25, -0.2) is 0 Å². The standard InChI is InChI=1S/C14H20N2O2/c1-10-8-12(18-3)6-7-13(10)15-9-14(17)16(2)11-4-5-11/h6-8,11,15H,4-5,9H2,1-3H3. The maximum atomic E-state index is 11.9. The van der Waals surface area contributed by atoms with Crippen LogP contribution in [0, 0.1) is 6.92 Å². The van der Waals surface area contributed by atoms with E-state index in [2.05, 4.69) is 5.32 Å². The summed E-state index contributed by atoms with van der Waals surface area (Å²) in [5.74, 6) is 0.979. The summed E-state index contributed by atoms with van der Waals surface area (Å²) >= 11 is 0. The second kappa shape index (κ2) is 5.29. The molecule has 0 aromatic heterocycles. The molecule has 0 spiro atoms. The van der Waals surface area contributed by atoms with Gasteiger partial charge in [0.2, 0.25) is 5.91 Å². The zero-order valence-corrected chi connectivity index (χ0v) is 11.2. The normalized spacial score (nSPS) is 14.2. The van der Waals surface area contributed by atoms with E-state index >= 15 is 0 Å². The van der Waals surface area contributed by atoms with Crippen LogP contribution >= 0.6 is 0 Å². The number of hydrogen-bond acceptors (Lipinski definition) is 3. The Morgan fingerprint density at radius 3 is 2.78 bits per heavy atom. The molecule has 18 heavy (non-hydrogen) atoms. The largest absolute Gasteiger partial charge is 0.497 e. The van der Waals surface area contributed by atoms with Gasteiger partial charge in [-0.05, 0) is 43.5 Å². The zero-order chi connectivity index (χ0) is 13.1. The molecule has 0 heterocycles. The molecule has 1 fully saturated rings. The van der Waals surface area contributed by atoms with E-state index < -0.39 is 0 Å². The van der Waals surface area contributed by atoms with Gasteiger partial charge in [-0.1, -0.05) is 0 Å². The van der Waals surface area contributed by atoms with E-state index in [1.54, 1.807) is 7.11 Å². The number of methoxy groups -OCH3 is 1. The third-order valence-corrected chi connectivity index (χ3v) is 3.35. The molecule has 1 N–H and O–H groups in total. The number of likely N-dealkylation sites (N-methyl/N-ethyl adjacent to an activating group) is 1. The maximum absolute atomic E-state index is 11.9. The fourth-order valence-electron chi connectivity index (χ4n) is 1.92. The first-order valence-electron chi connectivity index (χ1n) is 6.26. The smallest absolute Gasteiger partial charge is 0.241 e. The second-order valence-corrected chi connectivity index (χ2v) is 4.77. The number of rotatable bonds is 5. The van der Waals surface area contributed by atoms with Crippen molar-refractivity contribution in [1.29, 1.82) is 0 Å². The number of nitrogens with one attached hydrogen (secondary N) is 1. The van der Waals surface area contributed by atoms with Gasteiger partial charge >= 0.3 is 0 Å². The van der Waals surface area contributed by atoms with Crippen molar-refractivity contribution in [3.8, 4) is 5.75 Å². The first-order valence-corrected chi connectivity index (χ1v) is 6.26. The molecule has 98 valence electrons. The minimum atomic E-state index is 0.146. The second-order valence-electron chi connectivity index (χ2n) is 4.77. The molecule has 1 aromatic rings. The third kappa shape index (κ3) is 2.94. The molecule has 4 heteroatoms. The summed E-state index contributed by atoms with van der Waals surface area (Å²) in [6, 6.07) is 6.26. The lowest BCUT2D eigenvalue weighted by Crippen LogP contribution is -2.33. The highest BCUT2D eigenvalue weighted by molar-refractivity contribution is 5.81. The molecule has 1 saturated carbocycles. The monoisotopic (exact) mass is 248 g/mol. The summed E-state index contributed by atoms with van der Waals surface area (Å²) in [7, 11) is 3.53. The Bertz CT molecular complexity index is 441. The van der Waals surface area contributed by atoms with Gasteiger partial charge in [0.15, 0.2) is 0 Å². The van der Waals surface area contributed by atoms with Crippen molar-refractivity contribution in [1.82, 2.24) is 4.90 Å². The van der Waals surface area contributed by atoms with Crippen molar-refractivity contribution in [2.75, 3.05) is 26.0 Å². The van der Waals surface area contributed by atoms with Gasteiger partial charge in [0.1, 0.15) is 5.75 Å². The SMILES string of the molecule is COc1ccc(NCC(=O)N(C)C2CC2)c(C)c1. The number of ether oxygens (including phenoxy) is 1. The molecule has 0 bridgehead atoms. The van der Waals surface area contributed by atoms with Gasteiger partial charge in [-0.2, -0.15) is 0 Å². The molecule has 0 saturated heterocycles. The molecular weight excluding hydrogens is 228 g/mol. The van der Waals surface area contributed by atoms with Gasteiger partial charge in [-0.3, -0.25) is 4.79 Å². The molecular formula is C14H20N2O2. The predicted molar refractivity (Wildman–Crippen MR) is 72.0 cm³/mol. The van der Waals surface area contributed by atoms with Gasteiger partial charge in [0.05, 0.1) is 13.7 Å². The minimum Gasteiger partial charge on any atom is -0.497 e. The Labute approximate surface area is 108 Å². The van der Waals surface area contributed by atoms with Crippen LogP contribution in [-0.4, -0.2) is 37.6 Å². The van der Waals surface area contributed by atoms with Crippen molar-refractivity contribution < 1.29 is 9.53 Å². The summed E-state index contributed by atoms with van der Waals surface area (Å²) in [5, 5.41) is 3.18. The van der Waals surface area contributed by atoms with Crippen LogP contribution in [0.2, 0.25) is 0 Å². The molecule has 0 radical (unpaired) electrons. The van der Waals surface area contributed by atoms with E-state index in [-0.39, 0.29) is 5.91 Å². The number of carbonyl (C=O) groups excluding carboxylic acids is 1. The van der Waals surface area contributed by atoms with E-state index in [0.29, 0.717) is 12.6 Å². The van der Waals surface area contributed by atoms with Gasteiger partial charge in [-0.15, -0.1) is 0 Å². The van der Waals surface area contributed by atoms with Crippen LogP contribution in [0.1, 0.15) is 18.4 Å². The van der Waals surface area contributed by atoms with Crippen molar-refractivity contribution in [3.63, 3.8) is 0 Å². The first-order chi connectivity index (χ1) is 8.61. The molecule has 2 rings (SSSR count). The van der Waals surface area contributed by atoms with Crippen LogP contribution in [0.3, 0.4) is 0 Å². The van der Waals surface area contributed by atoms with Crippen LogP contribution in [0.15, 0.2) is 18.2 Å². The predicted octanol–water partition coefficient (Wildman–Crippen LogP) is 2.04.